The Kier molecular flexibility index (Phi) is 3.37. The standard InChI is InChI=1S/C10H13BrN6/c1-6(10-16-12-5-17(10)3)13-9-4-8(11)14-7(2)15-9/h4-6H,1-3H3,(H,13,14,15). The first-order chi connectivity index (χ1) is 8.06. The highest BCUT2D eigenvalue weighted by atomic mass is 79.9. The minimum Gasteiger partial charge on any atom is -0.360 e. The van der Waals surface area contributed by atoms with E-state index in [0.717, 1.165) is 16.2 Å². The minimum absolute atomic E-state index is 0.0312. The maximum Gasteiger partial charge on any atom is 0.154 e. The summed E-state index contributed by atoms with van der Waals surface area (Å²) in [7, 11) is 1.91. The molecule has 0 saturated heterocycles. The monoisotopic (exact) mass is 296 g/mol. The van der Waals surface area contributed by atoms with E-state index >= 15 is 0 Å². The molecule has 1 unspecified atom stereocenters. The van der Waals surface area contributed by atoms with Gasteiger partial charge in [-0.15, -0.1) is 10.2 Å². The van der Waals surface area contributed by atoms with Crippen LogP contribution >= 0.6 is 15.9 Å². The molecule has 0 aliphatic heterocycles. The summed E-state index contributed by atoms with van der Waals surface area (Å²) in [4.78, 5) is 8.46. The van der Waals surface area contributed by atoms with Gasteiger partial charge < -0.3 is 9.88 Å². The third kappa shape index (κ3) is 2.79. The Morgan fingerprint density at radius 2 is 2.18 bits per heavy atom. The highest BCUT2D eigenvalue weighted by Crippen LogP contribution is 2.17. The zero-order valence-corrected chi connectivity index (χ0v) is 11.4. The molecule has 2 aromatic rings. The van der Waals surface area contributed by atoms with Crippen LogP contribution in [0, 0.1) is 6.92 Å². The van der Waals surface area contributed by atoms with Gasteiger partial charge in [0, 0.05) is 13.1 Å². The number of aromatic nitrogens is 5. The molecule has 2 heterocycles. The van der Waals surface area contributed by atoms with Gasteiger partial charge in [-0.1, -0.05) is 0 Å². The number of aryl methyl sites for hydroxylation is 2. The summed E-state index contributed by atoms with van der Waals surface area (Å²) in [6.45, 7) is 3.86. The van der Waals surface area contributed by atoms with Crippen LogP contribution in [0.5, 0.6) is 0 Å². The molecule has 0 fully saturated rings. The lowest BCUT2D eigenvalue weighted by Crippen LogP contribution is -2.13. The smallest absolute Gasteiger partial charge is 0.154 e. The van der Waals surface area contributed by atoms with Crippen LogP contribution in [0.1, 0.15) is 24.6 Å². The molecule has 0 amide bonds. The molecule has 0 spiro atoms. The van der Waals surface area contributed by atoms with Crippen molar-refractivity contribution in [3.63, 3.8) is 0 Å². The third-order valence-corrected chi connectivity index (χ3v) is 2.71. The van der Waals surface area contributed by atoms with Crippen LogP contribution in [-0.2, 0) is 7.05 Å². The van der Waals surface area contributed by atoms with E-state index in [1.165, 1.54) is 0 Å². The summed E-state index contributed by atoms with van der Waals surface area (Å²) in [6.07, 6.45) is 1.68. The fourth-order valence-corrected chi connectivity index (χ4v) is 2.05. The second-order valence-corrected chi connectivity index (χ2v) is 4.60. The van der Waals surface area contributed by atoms with Crippen molar-refractivity contribution in [1.29, 1.82) is 0 Å². The highest BCUT2D eigenvalue weighted by molar-refractivity contribution is 9.10. The Bertz CT molecular complexity index is 503. The quantitative estimate of drug-likeness (QED) is 0.876. The van der Waals surface area contributed by atoms with Crippen molar-refractivity contribution in [2.45, 2.75) is 19.9 Å². The number of rotatable bonds is 3. The first kappa shape index (κ1) is 12.0. The molecule has 90 valence electrons. The van der Waals surface area contributed by atoms with Gasteiger partial charge in [0.25, 0.3) is 0 Å². The van der Waals surface area contributed by atoms with Gasteiger partial charge >= 0.3 is 0 Å². The van der Waals surface area contributed by atoms with E-state index in [0.29, 0.717) is 5.82 Å². The number of nitrogens with one attached hydrogen (secondary N) is 1. The molecule has 2 rings (SSSR count). The molecule has 1 N–H and O–H groups in total. The molecule has 0 bridgehead atoms. The van der Waals surface area contributed by atoms with Crippen LogP contribution in [0.3, 0.4) is 0 Å². The first-order valence-corrected chi connectivity index (χ1v) is 5.97. The summed E-state index contributed by atoms with van der Waals surface area (Å²) in [5, 5.41) is 11.2. The maximum atomic E-state index is 4.30. The van der Waals surface area contributed by atoms with E-state index in [9.17, 15) is 0 Å². The van der Waals surface area contributed by atoms with Crippen LogP contribution < -0.4 is 5.32 Å². The molecular formula is C10H13BrN6. The number of hydrogen-bond acceptors (Lipinski definition) is 5. The molecule has 0 aliphatic carbocycles. The van der Waals surface area contributed by atoms with E-state index in [-0.39, 0.29) is 6.04 Å². The van der Waals surface area contributed by atoms with Crippen molar-refractivity contribution >= 4 is 21.7 Å². The molecule has 0 saturated carbocycles. The molecule has 0 aliphatic rings. The summed E-state index contributed by atoms with van der Waals surface area (Å²) in [5.41, 5.74) is 0. The highest BCUT2D eigenvalue weighted by Gasteiger charge is 2.12. The van der Waals surface area contributed by atoms with E-state index in [1.807, 2.05) is 31.5 Å². The molecular weight excluding hydrogens is 284 g/mol. The van der Waals surface area contributed by atoms with Crippen LogP contribution in [0.4, 0.5) is 5.82 Å². The molecule has 6 nitrogen and oxygen atoms in total. The van der Waals surface area contributed by atoms with Crippen LogP contribution in [0.15, 0.2) is 17.0 Å². The van der Waals surface area contributed by atoms with Crippen molar-refractivity contribution in [3.05, 3.63) is 28.6 Å². The molecule has 2 aromatic heterocycles. The zero-order valence-electron chi connectivity index (χ0n) is 9.85. The van der Waals surface area contributed by atoms with Gasteiger partial charge in [0.1, 0.15) is 22.6 Å². The summed E-state index contributed by atoms with van der Waals surface area (Å²) >= 11 is 3.34. The fraction of sp³-hybridized carbons (Fsp3) is 0.400. The predicted octanol–water partition coefficient (Wildman–Crippen LogP) is 1.85. The Balaban J connectivity index is 2.18. The average molecular weight is 297 g/mol. The van der Waals surface area contributed by atoms with Crippen molar-refractivity contribution < 1.29 is 0 Å². The summed E-state index contributed by atoms with van der Waals surface area (Å²) < 4.78 is 2.64. The number of halogens is 1. The molecule has 17 heavy (non-hydrogen) atoms. The summed E-state index contributed by atoms with van der Waals surface area (Å²) in [6, 6.07) is 1.86. The van der Waals surface area contributed by atoms with E-state index in [4.69, 9.17) is 0 Å². The van der Waals surface area contributed by atoms with Gasteiger partial charge in [-0.25, -0.2) is 9.97 Å². The fourth-order valence-electron chi connectivity index (χ4n) is 1.58. The minimum atomic E-state index is 0.0312. The lowest BCUT2D eigenvalue weighted by Gasteiger charge is -2.13. The average Bonchev–Trinajstić information content (AvgIpc) is 2.62. The van der Waals surface area contributed by atoms with Crippen molar-refractivity contribution in [2.24, 2.45) is 7.05 Å². The van der Waals surface area contributed by atoms with Gasteiger partial charge in [0.2, 0.25) is 0 Å². The van der Waals surface area contributed by atoms with Crippen molar-refractivity contribution in [3.8, 4) is 0 Å². The van der Waals surface area contributed by atoms with Gasteiger partial charge in [0.15, 0.2) is 5.82 Å². The summed E-state index contributed by atoms with van der Waals surface area (Å²) in [5.74, 6) is 2.34. The lowest BCUT2D eigenvalue weighted by molar-refractivity contribution is 0.715. The van der Waals surface area contributed by atoms with E-state index in [1.54, 1.807) is 6.33 Å². The lowest BCUT2D eigenvalue weighted by atomic mass is 10.3. The molecule has 1 atom stereocenters. The zero-order chi connectivity index (χ0) is 12.4. The maximum absolute atomic E-state index is 4.30. The van der Waals surface area contributed by atoms with Crippen molar-refractivity contribution in [2.75, 3.05) is 5.32 Å². The Labute approximate surface area is 108 Å². The normalized spacial score (nSPS) is 12.5. The number of hydrogen-bond donors (Lipinski definition) is 1. The van der Waals surface area contributed by atoms with Gasteiger partial charge in [0.05, 0.1) is 6.04 Å². The Morgan fingerprint density at radius 3 is 2.76 bits per heavy atom. The van der Waals surface area contributed by atoms with Crippen LogP contribution in [0.2, 0.25) is 0 Å². The van der Waals surface area contributed by atoms with Crippen molar-refractivity contribution in [1.82, 2.24) is 24.7 Å². The predicted molar refractivity (Wildman–Crippen MR) is 67.5 cm³/mol. The van der Waals surface area contributed by atoms with E-state index < -0.39 is 0 Å². The molecule has 0 aromatic carbocycles. The van der Waals surface area contributed by atoms with Crippen LogP contribution in [-0.4, -0.2) is 24.7 Å². The van der Waals surface area contributed by atoms with Gasteiger partial charge in [-0.05, 0) is 29.8 Å². The second kappa shape index (κ2) is 4.79. The number of anilines is 1. The van der Waals surface area contributed by atoms with Gasteiger partial charge in [-0.2, -0.15) is 0 Å². The molecule has 0 radical (unpaired) electrons. The largest absolute Gasteiger partial charge is 0.360 e. The third-order valence-electron chi connectivity index (χ3n) is 2.30. The Hall–Kier alpha value is -1.50. The topological polar surface area (TPSA) is 68.5 Å². The van der Waals surface area contributed by atoms with Crippen LogP contribution in [0.25, 0.3) is 0 Å². The Morgan fingerprint density at radius 1 is 1.41 bits per heavy atom. The van der Waals surface area contributed by atoms with Gasteiger partial charge in [-0.3, -0.25) is 0 Å². The molecule has 7 heteroatoms. The second-order valence-electron chi connectivity index (χ2n) is 3.79. The SMILES string of the molecule is Cc1nc(Br)cc(NC(C)c2nncn2C)n1. The van der Waals surface area contributed by atoms with E-state index in [2.05, 4.69) is 41.4 Å². The first-order valence-electron chi connectivity index (χ1n) is 5.18. The number of nitrogens with zero attached hydrogens (tertiary/aromatic N) is 5.